The van der Waals surface area contributed by atoms with Gasteiger partial charge in [-0.05, 0) is 37.5 Å². The summed E-state index contributed by atoms with van der Waals surface area (Å²) in [7, 11) is 1.96. The molecule has 3 aromatic heterocycles. The molecule has 132 valence electrons. The van der Waals surface area contributed by atoms with E-state index in [1.165, 1.54) is 5.56 Å². The fourth-order valence-electron chi connectivity index (χ4n) is 3.39. The monoisotopic (exact) mass is 345 g/mol. The van der Waals surface area contributed by atoms with Crippen LogP contribution < -0.4 is 5.32 Å². The van der Waals surface area contributed by atoms with Crippen LogP contribution in [0.4, 0.5) is 5.82 Å². The zero-order valence-corrected chi connectivity index (χ0v) is 15.2. The van der Waals surface area contributed by atoms with Gasteiger partial charge in [-0.1, -0.05) is 31.2 Å². The first-order valence-electron chi connectivity index (χ1n) is 9.06. The molecular weight excluding hydrogens is 322 g/mol. The van der Waals surface area contributed by atoms with Gasteiger partial charge in [0.15, 0.2) is 0 Å². The first-order chi connectivity index (χ1) is 12.8. The lowest BCUT2D eigenvalue weighted by Gasteiger charge is -2.10. The van der Waals surface area contributed by atoms with Gasteiger partial charge in [-0.25, -0.2) is 9.67 Å². The average Bonchev–Trinajstić information content (AvgIpc) is 3.24. The van der Waals surface area contributed by atoms with Gasteiger partial charge in [0, 0.05) is 36.8 Å². The maximum Gasteiger partial charge on any atom is 0.137 e. The highest BCUT2D eigenvalue weighted by molar-refractivity contribution is 5.75. The summed E-state index contributed by atoms with van der Waals surface area (Å²) in [5.41, 5.74) is 5.34. The largest absolute Gasteiger partial charge is 0.373 e. The lowest BCUT2D eigenvalue weighted by atomic mass is 10.1. The van der Waals surface area contributed by atoms with Gasteiger partial charge in [0.2, 0.25) is 0 Å². The van der Waals surface area contributed by atoms with Crippen LogP contribution in [-0.2, 0) is 6.42 Å². The van der Waals surface area contributed by atoms with Crippen molar-refractivity contribution >= 4 is 17.2 Å². The van der Waals surface area contributed by atoms with Crippen LogP contribution in [0.1, 0.15) is 25.3 Å². The van der Waals surface area contributed by atoms with E-state index in [2.05, 4.69) is 59.7 Å². The van der Waals surface area contributed by atoms with E-state index in [1.807, 2.05) is 34.7 Å². The fourth-order valence-corrected chi connectivity index (χ4v) is 3.39. The highest BCUT2D eigenvalue weighted by atomic mass is 15.3. The van der Waals surface area contributed by atoms with Gasteiger partial charge in [0.1, 0.15) is 11.5 Å². The number of anilines is 1. The summed E-state index contributed by atoms with van der Waals surface area (Å²) < 4.78 is 4.04. The second-order valence-corrected chi connectivity index (χ2v) is 6.27. The van der Waals surface area contributed by atoms with Crippen molar-refractivity contribution in [2.24, 2.45) is 0 Å². The van der Waals surface area contributed by atoms with Crippen molar-refractivity contribution in [1.29, 1.82) is 0 Å². The minimum absolute atomic E-state index is 0.905. The Kier molecular flexibility index (Phi) is 4.44. The molecule has 3 aromatic rings. The first-order valence-corrected chi connectivity index (χ1v) is 9.06. The van der Waals surface area contributed by atoms with Gasteiger partial charge >= 0.3 is 0 Å². The van der Waals surface area contributed by atoms with Crippen LogP contribution in [0, 0.1) is 0 Å². The number of allylic oxidation sites excluding steroid dienone is 6. The van der Waals surface area contributed by atoms with Crippen molar-refractivity contribution < 1.29 is 0 Å². The molecule has 0 atom stereocenters. The normalized spacial score (nSPS) is 17.5. The van der Waals surface area contributed by atoms with Gasteiger partial charge in [-0.15, -0.1) is 0 Å². The van der Waals surface area contributed by atoms with Crippen LogP contribution in [0.3, 0.4) is 0 Å². The molecule has 0 saturated heterocycles. The van der Waals surface area contributed by atoms with Crippen molar-refractivity contribution in [1.82, 2.24) is 19.2 Å². The summed E-state index contributed by atoms with van der Waals surface area (Å²) in [6.07, 6.45) is 19.5. The summed E-state index contributed by atoms with van der Waals surface area (Å²) in [4.78, 5) is 4.41. The average molecular weight is 345 g/mol. The Hall–Kier alpha value is -3.08. The molecule has 0 amide bonds. The first kappa shape index (κ1) is 16.4. The van der Waals surface area contributed by atoms with Gasteiger partial charge in [0.05, 0.1) is 11.4 Å². The Morgan fingerprint density at radius 3 is 2.88 bits per heavy atom. The molecule has 5 nitrogen and oxygen atoms in total. The number of nitrogens with one attached hydrogen (secondary N) is 1. The van der Waals surface area contributed by atoms with E-state index < -0.39 is 0 Å². The van der Waals surface area contributed by atoms with Crippen molar-refractivity contribution in [3.63, 3.8) is 0 Å². The van der Waals surface area contributed by atoms with Crippen molar-refractivity contribution in [2.75, 3.05) is 12.4 Å². The lowest BCUT2D eigenvalue weighted by Crippen LogP contribution is -2.04. The molecule has 0 aliphatic heterocycles. The predicted molar refractivity (Wildman–Crippen MR) is 107 cm³/mol. The molecule has 0 fully saturated rings. The minimum atomic E-state index is 0.905. The zero-order valence-electron chi connectivity index (χ0n) is 15.2. The maximum absolute atomic E-state index is 4.98. The molecule has 0 aromatic carbocycles. The van der Waals surface area contributed by atoms with Crippen LogP contribution >= 0.6 is 0 Å². The Morgan fingerprint density at radius 1 is 1.15 bits per heavy atom. The molecule has 26 heavy (non-hydrogen) atoms. The SMILES string of the molecule is CCc1c(-c2ccn3ccnc3c2)nn(C2=C/CC=CC/C=C\2)c1NC. The standard InChI is InChI=1S/C21H23N5/c1-3-18-20(16-11-13-25-14-12-23-19(25)15-16)24-26(21(18)22-2)17-9-7-5-4-6-8-10-17/h4-5,8-15,22H,3,6-7H2,1-2H3/b5-4?,10-8-,17-9+. The quantitative estimate of drug-likeness (QED) is 0.706. The Morgan fingerprint density at radius 2 is 2.04 bits per heavy atom. The fraction of sp³-hybridized carbons (Fsp3) is 0.238. The molecule has 0 bridgehead atoms. The summed E-state index contributed by atoms with van der Waals surface area (Å²) in [5.74, 6) is 1.05. The number of aromatic nitrogens is 4. The van der Waals surface area contributed by atoms with Crippen LogP contribution in [0.15, 0.2) is 61.1 Å². The van der Waals surface area contributed by atoms with E-state index in [0.717, 1.165) is 47.7 Å². The summed E-state index contributed by atoms with van der Waals surface area (Å²) >= 11 is 0. The highest BCUT2D eigenvalue weighted by Gasteiger charge is 2.19. The van der Waals surface area contributed by atoms with E-state index in [-0.39, 0.29) is 0 Å². The van der Waals surface area contributed by atoms with Crippen molar-refractivity contribution in [2.45, 2.75) is 26.2 Å². The summed E-state index contributed by atoms with van der Waals surface area (Å²) in [5, 5.41) is 8.34. The number of rotatable bonds is 4. The van der Waals surface area contributed by atoms with E-state index in [1.54, 1.807) is 0 Å². The number of nitrogens with zero attached hydrogens (tertiary/aromatic N) is 4. The molecule has 0 spiro atoms. The Bertz CT molecular complexity index is 1020. The Labute approximate surface area is 153 Å². The van der Waals surface area contributed by atoms with E-state index in [0.29, 0.717) is 0 Å². The molecule has 0 radical (unpaired) electrons. The number of imidazole rings is 1. The van der Waals surface area contributed by atoms with E-state index >= 15 is 0 Å². The van der Waals surface area contributed by atoms with E-state index in [9.17, 15) is 0 Å². The number of pyridine rings is 1. The predicted octanol–water partition coefficient (Wildman–Crippen LogP) is 4.55. The maximum atomic E-state index is 4.98. The van der Waals surface area contributed by atoms with Gasteiger partial charge < -0.3 is 9.72 Å². The second-order valence-electron chi connectivity index (χ2n) is 6.27. The van der Waals surface area contributed by atoms with Crippen LogP contribution in [0.2, 0.25) is 0 Å². The third kappa shape index (κ3) is 2.86. The van der Waals surface area contributed by atoms with Gasteiger partial charge in [0.25, 0.3) is 0 Å². The van der Waals surface area contributed by atoms with Gasteiger partial charge in [-0.3, -0.25) is 0 Å². The molecule has 3 heterocycles. The molecular formula is C21H23N5. The molecule has 0 saturated carbocycles. The summed E-state index contributed by atoms with van der Waals surface area (Å²) in [6.45, 7) is 2.17. The third-order valence-corrected chi connectivity index (χ3v) is 4.68. The highest BCUT2D eigenvalue weighted by Crippen LogP contribution is 2.32. The number of fused-ring (bicyclic) bond motifs is 1. The van der Waals surface area contributed by atoms with E-state index in [4.69, 9.17) is 5.10 Å². The number of hydrogen-bond acceptors (Lipinski definition) is 3. The van der Waals surface area contributed by atoms with Crippen molar-refractivity contribution in [3.05, 3.63) is 66.7 Å². The molecule has 0 unspecified atom stereocenters. The molecule has 1 N–H and O–H groups in total. The Balaban J connectivity index is 1.87. The topological polar surface area (TPSA) is 47.2 Å². The van der Waals surface area contributed by atoms with Gasteiger partial charge in [-0.2, -0.15) is 5.10 Å². The summed E-state index contributed by atoms with van der Waals surface area (Å²) in [6, 6.07) is 4.20. The lowest BCUT2D eigenvalue weighted by molar-refractivity contribution is 0.912. The van der Waals surface area contributed by atoms with Crippen LogP contribution in [0.5, 0.6) is 0 Å². The third-order valence-electron chi connectivity index (χ3n) is 4.68. The van der Waals surface area contributed by atoms with Crippen LogP contribution in [-0.4, -0.2) is 26.2 Å². The molecule has 1 aliphatic rings. The second kappa shape index (κ2) is 7.04. The van der Waals surface area contributed by atoms with Crippen molar-refractivity contribution in [3.8, 4) is 11.3 Å². The molecule has 4 rings (SSSR count). The molecule has 1 aliphatic carbocycles. The number of hydrogen-bond donors (Lipinski definition) is 1. The zero-order chi connectivity index (χ0) is 17.9. The smallest absolute Gasteiger partial charge is 0.137 e. The molecule has 5 heteroatoms. The van der Waals surface area contributed by atoms with Crippen LogP contribution in [0.25, 0.3) is 22.6 Å². The minimum Gasteiger partial charge on any atom is -0.373 e.